The van der Waals surface area contributed by atoms with Crippen LogP contribution in [0.2, 0.25) is 0 Å². The lowest BCUT2D eigenvalue weighted by Crippen LogP contribution is -2.03. The van der Waals surface area contributed by atoms with Gasteiger partial charge in [-0.05, 0) is 18.1 Å². The van der Waals surface area contributed by atoms with Crippen LogP contribution in [0.1, 0.15) is 28.0 Å². The molecule has 0 spiro atoms. The lowest BCUT2D eigenvalue weighted by atomic mass is 10.1. The zero-order chi connectivity index (χ0) is 13.5. The van der Waals surface area contributed by atoms with Crippen molar-refractivity contribution in [2.75, 3.05) is 0 Å². The van der Waals surface area contributed by atoms with Gasteiger partial charge in [-0.25, -0.2) is 0 Å². The maximum absolute atomic E-state index is 12.1. The Labute approximate surface area is 117 Å². The average Bonchev–Trinajstić information content (AvgIpc) is 3.01. The average molecular weight is 261 g/mol. The number of hydrogen-bond donors (Lipinski definition) is 0. The monoisotopic (exact) mass is 261 g/mol. The van der Waals surface area contributed by atoms with E-state index in [0.29, 0.717) is 12.2 Å². The molecule has 0 aliphatic heterocycles. The van der Waals surface area contributed by atoms with Gasteiger partial charge in [-0.2, -0.15) is 0 Å². The molecule has 0 unspecified atom stereocenters. The molecule has 2 nitrogen and oxygen atoms in total. The fourth-order valence-corrected chi connectivity index (χ4v) is 3.23. The van der Waals surface area contributed by atoms with Crippen molar-refractivity contribution >= 4 is 16.7 Å². The van der Waals surface area contributed by atoms with Crippen molar-refractivity contribution in [3.63, 3.8) is 0 Å². The summed E-state index contributed by atoms with van der Waals surface area (Å²) < 4.78 is 2.31. The predicted molar refractivity (Wildman–Crippen MR) is 80.1 cm³/mol. The second-order valence-corrected chi connectivity index (χ2v) is 5.33. The van der Waals surface area contributed by atoms with E-state index in [1.54, 1.807) is 0 Å². The number of fused-ring (bicyclic) bond motifs is 3. The number of nitrogens with zero attached hydrogens (tertiary/aromatic N) is 1. The molecule has 0 radical (unpaired) electrons. The van der Waals surface area contributed by atoms with Crippen molar-refractivity contribution in [3.8, 4) is 0 Å². The number of para-hydroxylation sites is 1. The first-order chi connectivity index (χ1) is 9.84. The van der Waals surface area contributed by atoms with Gasteiger partial charge in [0.05, 0.1) is 0 Å². The van der Waals surface area contributed by atoms with Gasteiger partial charge in [0, 0.05) is 35.1 Å². The summed E-state index contributed by atoms with van der Waals surface area (Å²) in [4.78, 5) is 12.1. The number of carbonyl (C=O) groups excluding carboxylic acids is 1. The Bertz CT molecular complexity index is 799. The normalized spacial score (nSPS) is 13.9. The summed E-state index contributed by atoms with van der Waals surface area (Å²) in [5.74, 6) is 0.294. The lowest BCUT2D eigenvalue weighted by molar-refractivity contribution is 0.0996. The van der Waals surface area contributed by atoms with E-state index in [0.717, 1.165) is 23.9 Å². The lowest BCUT2D eigenvalue weighted by Gasteiger charge is -2.09. The zero-order valence-electron chi connectivity index (χ0n) is 11.2. The Morgan fingerprint density at radius 1 is 0.900 bits per heavy atom. The number of aromatic nitrogens is 1. The van der Waals surface area contributed by atoms with Gasteiger partial charge in [-0.15, -0.1) is 0 Å². The van der Waals surface area contributed by atoms with Crippen LogP contribution in [0.4, 0.5) is 0 Å². The first-order valence-electron chi connectivity index (χ1n) is 7.02. The highest BCUT2D eigenvalue weighted by Gasteiger charge is 2.27. The van der Waals surface area contributed by atoms with Gasteiger partial charge < -0.3 is 4.57 Å². The van der Waals surface area contributed by atoms with Crippen molar-refractivity contribution in [2.45, 2.75) is 19.4 Å². The standard InChI is InChI=1S/C18H15NO/c20-17-11-10-16-18(17)14-8-4-5-9-15(14)19(16)12-13-6-2-1-3-7-13/h1-9H,10-12H2. The molecule has 0 saturated carbocycles. The predicted octanol–water partition coefficient (Wildman–Crippen LogP) is 3.82. The molecule has 4 rings (SSSR count). The molecule has 0 fully saturated rings. The number of ketones is 1. The highest BCUT2D eigenvalue weighted by Crippen LogP contribution is 2.33. The van der Waals surface area contributed by atoms with Crippen LogP contribution in [0.3, 0.4) is 0 Å². The Balaban J connectivity index is 1.93. The third-order valence-electron chi connectivity index (χ3n) is 4.13. The van der Waals surface area contributed by atoms with E-state index in [2.05, 4.69) is 41.0 Å². The highest BCUT2D eigenvalue weighted by molar-refractivity contribution is 6.11. The van der Waals surface area contributed by atoms with E-state index in [9.17, 15) is 4.79 Å². The molecule has 2 aromatic carbocycles. The van der Waals surface area contributed by atoms with Crippen molar-refractivity contribution < 1.29 is 4.79 Å². The van der Waals surface area contributed by atoms with Gasteiger partial charge in [0.2, 0.25) is 0 Å². The van der Waals surface area contributed by atoms with E-state index < -0.39 is 0 Å². The minimum atomic E-state index is 0.294. The maximum Gasteiger partial charge on any atom is 0.165 e. The molecule has 98 valence electrons. The van der Waals surface area contributed by atoms with Gasteiger partial charge in [0.25, 0.3) is 0 Å². The maximum atomic E-state index is 12.1. The third kappa shape index (κ3) is 1.61. The van der Waals surface area contributed by atoms with Gasteiger partial charge in [-0.1, -0.05) is 48.5 Å². The summed E-state index contributed by atoms with van der Waals surface area (Å²) >= 11 is 0. The van der Waals surface area contributed by atoms with Gasteiger partial charge >= 0.3 is 0 Å². The number of Topliss-reactive ketones (excluding diaryl/α,β-unsaturated/α-hetero) is 1. The van der Waals surface area contributed by atoms with E-state index in [1.165, 1.54) is 16.8 Å². The fourth-order valence-electron chi connectivity index (χ4n) is 3.23. The molecule has 3 aromatic rings. The highest BCUT2D eigenvalue weighted by atomic mass is 16.1. The smallest absolute Gasteiger partial charge is 0.165 e. The van der Waals surface area contributed by atoms with Crippen LogP contribution in [0.25, 0.3) is 10.9 Å². The van der Waals surface area contributed by atoms with Crippen LogP contribution in [0.5, 0.6) is 0 Å². The Morgan fingerprint density at radius 2 is 1.65 bits per heavy atom. The van der Waals surface area contributed by atoms with Crippen LogP contribution >= 0.6 is 0 Å². The fraction of sp³-hybridized carbons (Fsp3) is 0.167. The van der Waals surface area contributed by atoms with Crippen molar-refractivity contribution in [1.82, 2.24) is 4.57 Å². The number of benzene rings is 2. The van der Waals surface area contributed by atoms with Crippen molar-refractivity contribution in [2.24, 2.45) is 0 Å². The summed E-state index contributed by atoms with van der Waals surface area (Å²) in [5, 5.41) is 1.11. The minimum Gasteiger partial charge on any atom is -0.339 e. The molecule has 0 atom stereocenters. The first-order valence-corrected chi connectivity index (χ1v) is 7.02. The second-order valence-electron chi connectivity index (χ2n) is 5.33. The number of rotatable bonds is 2. The van der Waals surface area contributed by atoms with Crippen molar-refractivity contribution in [3.05, 3.63) is 71.4 Å². The summed E-state index contributed by atoms with van der Waals surface area (Å²) in [7, 11) is 0. The topological polar surface area (TPSA) is 22.0 Å². The molecule has 1 aliphatic rings. The first kappa shape index (κ1) is 11.5. The molecule has 2 heteroatoms. The summed E-state index contributed by atoms with van der Waals surface area (Å²) in [6, 6.07) is 18.7. The van der Waals surface area contributed by atoms with Crippen LogP contribution in [0, 0.1) is 0 Å². The van der Waals surface area contributed by atoms with E-state index >= 15 is 0 Å². The molecule has 0 amide bonds. The van der Waals surface area contributed by atoms with Gasteiger partial charge in [-0.3, -0.25) is 4.79 Å². The molecule has 1 heterocycles. The van der Waals surface area contributed by atoms with Crippen LogP contribution < -0.4 is 0 Å². The van der Waals surface area contributed by atoms with E-state index in [-0.39, 0.29) is 0 Å². The quantitative estimate of drug-likeness (QED) is 0.687. The Hall–Kier alpha value is -2.35. The Kier molecular flexibility index (Phi) is 2.49. The Morgan fingerprint density at radius 3 is 2.50 bits per heavy atom. The minimum absolute atomic E-state index is 0.294. The van der Waals surface area contributed by atoms with E-state index in [4.69, 9.17) is 0 Å². The molecule has 0 N–H and O–H groups in total. The van der Waals surface area contributed by atoms with Crippen LogP contribution in [-0.2, 0) is 13.0 Å². The summed E-state index contributed by atoms with van der Waals surface area (Å²) in [5.41, 5.74) is 4.61. The summed E-state index contributed by atoms with van der Waals surface area (Å²) in [6.45, 7) is 0.837. The summed E-state index contributed by atoms with van der Waals surface area (Å²) in [6.07, 6.45) is 1.53. The zero-order valence-corrected chi connectivity index (χ0v) is 11.2. The van der Waals surface area contributed by atoms with Gasteiger partial charge in [0.15, 0.2) is 5.78 Å². The molecule has 0 bridgehead atoms. The SMILES string of the molecule is O=C1CCc2c1c1ccccc1n2Cc1ccccc1. The molecular formula is C18H15NO. The van der Waals surface area contributed by atoms with E-state index in [1.807, 2.05) is 18.2 Å². The number of hydrogen-bond acceptors (Lipinski definition) is 1. The largest absolute Gasteiger partial charge is 0.339 e. The molecular weight excluding hydrogens is 246 g/mol. The van der Waals surface area contributed by atoms with Gasteiger partial charge in [0.1, 0.15) is 0 Å². The molecule has 1 aromatic heterocycles. The van der Waals surface area contributed by atoms with Crippen LogP contribution in [0.15, 0.2) is 54.6 Å². The molecule has 20 heavy (non-hydrogen) atoms. The third-order valence-corrected chi connectivity index (χ3v) is 4.13. The number of carbonyl (C=O) groups is 1. The molecule has 0 saturated heterocycles. The van der Waals surface area contributed by atoms with Crippen LogP contribution in [-0.4, -0.2) is 10.4 Å². The second kappa shape index (κ2) is 4.34. The van der Waals surface area contributed by atoms with Crippen molar-refractivity contribution in [1.29, 1.82) is 0 Å². The molecule has 1 aliphatic carbocycles.